The summed E-state index contributed by atoms with van der Waals surface area (Å²) in [4.78, 5) is 16.1. The highest BCUT2D eigenvalue weighted by Gasteiger charge is 2.08. The first-order valence-corrected chi connectivity index (χ1v) is 6.80. The fraction of sp³-hybridized carbons (Fsp3) is 0.333. The lowest BCUT2D eigenvalue weighted by Crippen LogP contribution is -2.23. The number of hydrogen-bond donors (Lipinski definition) is 2. The highest BCUT2D eigenvalue weighted by molar-refractivity contribution is 5.92. The number of anilines is 1. The quantitative estimate of drug-likeness (QED) is 0.761. The Balaban J connectivity index is 1.90. The molecule has 0 atom stereocenters. The molecule has 0 aromatic carbocycles. The van der Waals surface area contributed by atoms with Gasteiger partial charge in [0.05, 0.1) is 12.8 Å². The fourth-order valence-electron chi connectivity index (χ4n) is 1.75. The zero-order valence-corrected chi connectivity index (χ0v) is 11.6. The highest BCUT2D eigenvalue weighted by Crippen LogP contribution is 2.08. The SMILES string of the molecule is CCCCNc1ccnc(C(=O)NCc2ccco2)c1. The van der Waals surface area contributed by atoms with Crippen LogP contribution in [0.25, 0.3) is 0 Å². The van der Waals surface area contributed by atoms with Crippen molar-refractivity contribution in [1.29, 1.82) is 0 Å². The van der Waals surface area contributed by atoms with Crippen molar-refractivity contribution in [2.45, 2.75) is 26.3 Å². The molecule has 0 saturated carbocycles. The van der Waals surface area contributed by atoms with Gasteiger partial charge in [-0.1, -0.05) is 13.3 Å². The van der Waals surface area contributed by atoms with E-state index in [2.05, 4.69) is 22.5 Å². The molecule has 0 bridgehead atoms. The Bertz CT molecular complexity index is 538. The molecule has 0 radical (unpaired) electrons. The van der Waals surface area contributed by atoms with E-state index in [9.17, 15) is 4.79 Å². The molecule has 20 heavy (non-hydrogen) atoms. The summed E-state index contributed by atoms with van der Waals surface area (Å²) < 4.78 is 5.16. The molecule has 0 aliphatic carbocycles. The van der Waals surface area contributed by atoms with Crippen molar-refractivity contribution in [3.63, 3.8) is 0 Å². The van der Waals surface area contributed by atoms with Crippen LogP contribution in [0.15, 0.2) is 41.1 Å². The van der Waals surface area contributed by atoms with Gasteiger partial charge in [0.1, 0.15) is 11.5 Å². The number of hydrogen-bond acceptors (Lipinski definition) is 4. The van der Waals surface area contributed by atoms with Crippen LogP contribution in [0, 0.1) is 0 Å². The Labute approximate surface area is 118 Å². The second-order valence-electron chi connectivity index (χ2n) is 4.47. The van der Waals surface area contributed by atoms with Crippen LogP contribution in [-0.2, 0) is 6.54 Å². The number of unbranched alkanes of at least 4 members (excludes halogenated alkanes) is 1. The molecular formula is C15H19N3O2. The lowest BCUT2D eigenvalue weighted by Gasteiger charge is -2.07. The Morgan fingerprint density at radius 3 is 3.05 bits per heavy atom. The predicted molar refractivity (Wildman–Crippen MR) is 77.5 cm³/mol. The van der Waals surface area contributed by atoms with Crippen LogP contribution in [0.4, 0.5) is 5.69 Å². The largest absolute Gasteiger partial charge is 0.467 e. The van der Waals surface area contributed by atoms with Gasteiger partial charge in [-0.15, -0.1) is 0 Å². The van der Waals surface area contributed by atoms with Gasteiger partial charge in [-0.2, -0.15) is 0 Å². The van der Waals surface area contributed by atoms with Crippen molar-refractivity contribution in [1.82, 2.24) is 10.3 Å². The van der Waals surface area contributed by atoms with Gasteiger partial charge in [-0.05, 0) is 30.7 Å². The van der Waals surface area contributed by atoms with Crippen molar-refractivity contribution >= 4 is 11.6 Å². The lowest BCUT2D eigenvalue weighted by atomic mass is 10.2. The third-order valence-corrected chi connectivity index (χ3v) is 2.86. The third kappa shape index (κ3) is 4.12. The van der Waals surface area contributed by atoms with Gasteiger partial charge in [0.15, 0.2) is 0 Å². The minimum atomic E-state index is -0.208. The van der Waals surface area contributed by atoms with Gasteiger partial charge < -0.3 is 15.1 Å². The molecule has 0 aliphatic heterocycles. The maximum Gasteiger partial charge on any atom is 0.270 e. The van der Waals surface area contributed by atoms with Crippen LogP contribution < -0.4 is 10.6 Å². The van der Waals surface area contributed by atoms with Gasteiger partial charge >= 0.3 is 0 Å². The summed E-state index contributed by atoms with van der Waals surface area (Å²) in [6, 6.07) is 7.22. The summed E-state index contributed by atoms with van der Waals surface area (Å²) >= 11 is 0. The van der Waals surface area contributed by atoms with E-state index in [1.54, 1.807) is 24.6 Å². The number of amides is 1. The number of carbonyl (C=O) groups is 1. The van der Waals surface area contributed by atoms with Gasteiger partial charge in [0.2, 0.25) is 0 Å². The minimum absolute atomic E-state index is 0.208. The zero-order valence-electron chi connectivity index (χ0n) is 11.6. The normalized spacial score (nSPS) is 10.2. The second-order valence-corrected chi connectivity index (χ2v) is 4.47. The molecule has 106 valence electrons. The summed E-state index contributed by atoms with van der Waals surface area (Å²) in [6.07, 6.45) is 5.45. The average molecular weight is 273 g/mol. The van der Waals surface area contributed by atoms with Crippen molar-refractivity contribution in [3.05, 3.63) is 48.2 Å². The molecule has 2 aromatic heterocycles. The van der Waals surface area contributed by atoms with E-state index in [-0.39, 0.29) is 5.91 Å². The number of furan rings is 1. The van der Waals surface area contributed by atoms with Crippen LogP contribution in [-0.4, -0.2) is 17.4 Å². The molecule has 1 amide bonds. The Morgan fingerprint density at radius 2 is 2.30 bits per heavy atom. The summed E-state index contributed by atoms with van der Waals surface area (Å²) in [5.41, 5.74) is 1.31. The van der Waals surface area contributed by atoms with E-state index in [0.29, 0.717) is 12.2 Å². The van der Waals surface area contributed by atoms with Crippen molar-refractivity contribution in [2.24, 2.45) is 0 Å². The molecule has 0 aliphatic rings. The van der Waals surface area contributed by atoms with Crippen molar-refractivity contribution in [2.75, 3.05) is 11.9 Å². The van der Waals surface area contributed by atoms with Gasteiger partial charge in [0.25, 0.3) is 5.91 Å². The zero-order chi connectivity index (χ0) is 14.2. The first-order valence-electron chi connectivity index (χ1n) is 6.80. The Kier molecular flexibility index (Phi) is 5.17. The Morgan fingerprint density at radius 1 is 1.40 bits per heavy atom. The molecule has 2 heterocycles. The van der Waals surface area contributed by atoms with Crippen LogP contribution >= 0.6 is 0 Å². The van der Waals surface area contributed by atoms with Gasteiger partial charge in [0, 0.05) is 18.4 Å². The minimum Gasteiger partial charge on any atom is -0.467 e. The van der Waals surface area contributed by atoms with Crippen molar-refractivity contribution in [3.8, 4) is 0 Å². The fourth-order valence-corrected chi connectivity index (χ4v) is 1.75. The summed E-state index contributed by atoms with van der Waals surface area (Å²) in [7, 11) is 0. The molecule has 5 nitrogen and oxygen atoms in total. The summed E-state index contributed by atoms with van der Waals surface area (Å²) in [5, 5.41) is 6.04. The molecule has 0 unspecified atom stereocenters. The summed E-state index contributed by atoms with van der Waals surface area (Å²) in [5.74, 6) is 0.510. The number of rotatable bonds is 7. The van der Waals surface area contributed by atoms with E-state index < -0.39 is 0 Å². The highest BCUT2D eigenvalue weighted by atomic mass is 16.3. The van der Waals surface area contributed by atoms with Crippen LogP contribution in [0.1, 0.15) is 36.0 Å². The van der Waals surface area contributed by atoms with Gasteiger partial charge in [-0.25, -0.2) is 0 Å². The van der Waals surface area contributed by atoms with Crippen LogP contribution in [0.3, 0.4) is 0 Å². The number of aromatic nitrogens is 1. The molecule has 5 heteroatoms. The molecule has 0 saturated heterocycles. The van der Waals surface area contributed by atoms with Crippen LogP contribution in [0.2, 0.25) is 0 Å². The first-order chi connectivity index (χ1) is 9.79. The number of pyridine rings is 1. The second kappa shape index (κ2) is 7.33. The van der Waals surface area contributed by atoms with E-state index in [0.717, 1.165) is 30.8 Å². The smallest absolute Gasteiger partial charge is 0.270 e. The topological polar surface area (TPSA) is 67.2 Å². The van der Waals surface area contributed by atoms with E-state index in [1.807, 2.05) is 12.1 Å². The summed E-state index contributed by atoms with van der Waals surface area (Å²) in [6.45, 7) is 3.40. The molecule has 2 N–H and O–H groups in total. The number of nitrogens with one attached hydrogen (secondary N) is 2. The molecule has 0 fully saturated rings. The lowest BCUT2D eigenvalue weighted by molar-refractivity contribution is 0.0943. The first kappa shape index (κ1) is 14.1. The monoisotopic (exact) mass is 273 g/mol. The molecule has 2 rings (SSSR count). The number of nitrogens with zero attached hydrogens (tertiary/aromatic N) is 1. The van der Waals surface area contributed by atoms with Crippen LogP contribution in [0.5, 0.6) is 0 Å². The maximum atomic E-state index is 12.0. The average Bonchev–Trinajstić information content (AvgIpc) is 2.99. The predicted octanol–water partition coefficient (Wildman–Crippen LogP) is 2.82. The van der Waals surface area contributed by atoms with Gasteiger partial charge in [-0.3, -0.25) is 9.78 Å². The molecule has 0 spiro atoms. The van der Waals surface area contributed by atoms with E-state index in [1.165, 1.54) is 0 Å². The molecular weight excluding hydrogens is 254 g/mol. The standard InChI is InChI=1S/C15H19N3O2/c1-2-3-7-16-12-6-8-17-14(10-12)15(19)18-11-13-5-4-9-20-13/h4-6,8-10H,2-3,7,11H2,1H3,(H,16,17)(H,18,19). The number of carbonyl (C=O) groups excluding carboxylic acids is 1. The van der Waals surface area contributed by atoms with E-state index in [4.69, 9.17) is 4.42 Å². The van der Waals surface area contributed by atoms with E-state index >= 15 is 0 Å². The maximum absolute atomic E-state index is 12.0. The Hall–Kier alpha value is -2.30. The van der Waals surface area contributed by atoms with Crippen molar-refractivity contribution < 1.29 is 9.21 Å². The molecule has 2 aromatic rings. The third-order valence-electron chi connectivity index (χ3n) is 2.86.